The molecule has 0 unspecified atom stereocenters. The lowest BCUT2D eigenvalue weighted by Gasteiger charge is -2.56. The van der Waals surface area contributed by atoms with Crippen LogP contribution in [-0.4, -0.2) is 28.7 Å². The third-order valence-corrected chi connectivity index (χ3v) is 10.2. The lowest BCUT2D eigenvalue weighted by atomic mass is 9.48. The summed E-state index contributed by atoms with van der Waals surface area (Å²) in [4.78, 5) is 13.4. The van der Waals surface area contributed by atoms with E-state index in [1.807, 2.05) is 0 Å². The molecule has 0 amide bonds. The average molecular weight is 417 g/mol. The first-order valence-electron chi connectivity index (χ1n) is 12.8. The SMILES string of the molecule is C[C@@H](CO)CCC[C@@H](C)[C@H]1CC(=O)C2=C3CC[C@H]4C[C@@H](O)CC[C@]4(C)[C@H]3CC[C@@]21C. The maximum Gasteiger partial charge on any atom is 0.159 e. The van der Waals surface area contributed by atoms with Crippen LogP contribution in [0.4, 0.5) is 0 Å². The van der Waals surface area contributed by atoms with Crippen LogP contribution in [0.1, 0.15) is 98.3 Å². The molecule has 30 heavy (non-hydrogen) atoms. The number of aliphatic hydroxyl groups is 2. The highest BCUT2D eigenvalue weighted by molar-refractivity contribution is 6.00. The van der Waals surface area contributed by atoms with Crippen molar-refractivity contribution >= 4 is 5.78 Å². The summed E-state index contributed by atoms with van der Waals surface area (Å²) >= 11 is 0. The Hall–Kier alpha value is -0.670. The fourth-order valence-corrected chi connectivity index (χ4v) is 8.25. The summed E-state index contributed by atoms with van der Waals surface area (Å²) in [7, 11) is 0. The highest BCUT2D eigenvalue weighted by Gasteiger charge is 2.57. The van der Waals surface area contributed by atoms with Crippen LogP contribution < -0.4 is 0 Å². The van der Waals surface area contributed by atoms with Gasteiger partial charge in [-0.2, -0.15) is 0 Å². The van der Waals surface area contributed by atoms with Gasteiger partial charge >= 0.3 is 0 Å². The van der Waals surface area contributed by atoms with Gasteiger partial charge < -0.3 is 10.2 Å². The quantitative estimate of drug-likeness (QED) is 0.585. The van der Waals surface area contributed by atoms with Crippen molar-refractivity contribution in [3.05, 3.63) is 11.1 Å². The molecule has 8 atom stereocenters. The Balaban J connectivity index is 1.56. The molecule has 0 bridgehead atoms. The number of allylic oxidation sites excluding steroid dienone is 2. The zero-order valence-electron chi connectivity index (χ0n) is 19.8. The van der Waals surface area contributed by atoms with Crippen LogP contribution in [0.3, 0.4) is 0 Å². The molecule has 4 rings (SSSR count). The molecule has 0 aliphatic heterocycles. The van der Waals surface area contributed by atoms with Gasteiger partial charge in [0.25, 0.3) is 0 Å². The predicted octanol–water partition coefficient (Wildman–Crippen LogP) is 5.68. The van der Waals surface area contributed by atoms with Crippen molar-refractivity contribution in [2.75, 3.05) is 6.61 Å². The number of rotatable bonds is 6. The molecule has 4 aliphatic carbocycles. The lowest BCUT2D eigenvalue weighted by Crippen LogP contribution is -2.48. The number of hydrogen-bond acceptors (Lipinski definition) is 3. The van der Waals surface area contributed by atoms with Gasteiger partial charge in [0.2, 0.25) is 0 Å². The molecule has 0 aromatic heterocycles. The molecule has 170 valence electrons. The summed E-state index contributed by atoms with van der Waals surface area (Å²) in [5.41, 5.74) is 3.14. The Kier molecular flexibility index (Phi) is 6.27. The van der Waals surface area contributed by atoms with Gasteiger partial charge in [-0.25, -0.2) is 0 Å². The van der Waals surface area contributed by atoms with Crippen LogP contribution in [0.25, 0.3) is 0 Å². The van der Waals surface area contributed by atoms with Gasteiger partial charge in [0.05, 0.1) is 6.10 Å². The van der Waals surface area contributed by atoms with Crippen LogP contribution in [0.2, 0.25) is 0 Å². The first-order valence-corrected chi connectivity index (χ1v) is 12.8. The van der Waals surface area contributed by atoms with E-state index in [1.165, 1.54) is 24.0 Å². The monoisotopic (exact) mass is 416 g/mol. The Morgan fingerprint density at radius 2 is 1.87 bits per heavy atom. The normalized spacial score (nSPS) is 43.1. The molecule has 0 saturated heterocycles. The van der Waals surface area contributed by atoms with Crippen molar-refractivity contribution in [1.29, 1.82) is 0 Å². The van der Waals surface area contributed by atoms with Crippen molar-refractivity contribution < 1.29 is 15.0 Å². The zero-order chi connectivity index (χ0) is 21.7. The van der Waals surface area contributed by atoms with Crippen LogP contribution in [-0.2, 0) is 4.79 Å². The van der Waals surface area contributed by atoms with Crippen LogP contribution in [0.15, 0.2) is 11.1 Å². The van der Waals surface area contributed by atoms with E-state index in [4.69, 9.17) is 0 Å². The molecule has 0 aromatic rings. The standard InChI is InChI=1S/C27H44O3/c1-17(16-28)6-5-7-18(2)23-15-24(30)25-21-9-8-19-14-20(29)10-12-26(19,3)22(21)11-13-27(23,25)4/h17-20,22-23,28-29H,5-16H2,1-4H3/t17-,18-,19+,20+,22+,23-,26+,27-/m1/s1. The summed E-state index contributed by atoms with van der Waals surface area (Å²) in [6.45, 7) is 9.65. The molecule has 4 aliphatic rings. The molecule has 3 saturated carbocycles. The van der Waals surface area contributed by atoms with Crippen LogP contribution in [0.5, 0.6) is 0 Å². The molecule has 0 aromatic carbocycles. The van der Waals surface area contributed by atoms with E-state index in [-0.39, 0.29) is 23.5 Å². The van der Waals surface area contributed by atoms with Gasteiger partial charge in [-0.1, -0.05) is 46.1 Å². The van der Waals surface area contributed by atoms with Crippen molar-refractivity contribution in [1.82, 2.24) is 0 Å². The molecule has 2 N–H and O–H groups in total. The average Bonchev–Trinajstić information content (AvgIpc) is 2.99. The van der Waals surface area contributed by atoms with Crippen molar-refractivity contribution in [3.8, 4) is 0 Å². The molecule has 3 fully saturated rings. The zero-order valence-corrected chi connectivity index (χ0v) is 19.8. The second kappa shape index (κ2) is 8.35. The number of carbonyl (C=O) groups excluding carboxylic acids is 1. The second-order valence-corrected chi connectivity index (χ2v) is 12.0. The number of Topliss-reactive ketones (excluding diaryl/α,β-unsaturated/α-hetero) is 1. The minimum Gasteiger partial charge on any atom is -0.396 e. The fraction of sp³-hybridized carbons (Fsp3) is 0.889. The Morgan fingerprint density at radius 1 is 1.10 bits per heavy atom. The van der Waals surface area contributed by atoms with Gasteiger partial charge in [0.1, 0.15) is 0 Å². The molecule has 0 radical (unpaired) electrons. The van der Waals surface area contributed by atoms with E-state index in [9.17, 15) is 15.0 Å². The Bertz CT molecular complexity index is 696. The largest absolute Gasteiger partial charge is 0.396 e. The molecule has 3 heteroatoms. The third kappa shape index (κ3) is 3.62. The number of fused-ring (bicyclic) bond motifs is 4. The van der Waals surface area contributed by atoms with E-state index in [0.717, 1.165) is 57.8 Å². The summed E-state index contributed by atoms with van der Waals surface area (Å²) < 4.78 is 0. The minimum absolute atomic E-state index is 0.0717. The summed E-state index contributed by atoms with van der Waals surface area (Å²) in [6.07, 6.45) is 11.7. The number of aliphatic hydroxyl groups excluding tert-OH is 2. The van der Waals surface area contributed by atoms with Crippen LogP contribution in [0, 0.1) is 40.4 Å². The predicted molar refractivity (Wildman–Crippen MR) is 121 cm³/mol. The maximum absolute atomic E-state index is 13.4. The number of hydrogen-bond donors (Lipinski definition) is 2. The van der Waals surface area contributed by atoms with Gasteiger partial charge in [-0.05, 0) is 91.8 Å². The topological polar surface area (TPSA) is 57.5 Å². The maximum atomic E-state index is 13.4. The Labute approximate surface area is 183 Å². The number of ketones is 1. The van der Waals surface area contributed by atoms with Gasteiger partial charge in [0, 0.05) is 18.6 Å². The number of carbonyl (C=O) groups is 1. The lowest BCUT2D eigenvalue weighted by molar-refractivity contribution is -0.115. The molecule has 0 spiro atoms. The van der Waals surface area contributed by atoms with Crippen molar-refractivity contribution in [2.24, 2.45) is 40.4 Å². The van der Waals surface area contributed by atoms with Crippen molar-refractivity contribution in [2.45, 2.75) is 104 Å². The van der Waals surface area contributed by atoms with Gasteiger partial charge in [0.15, 0.2) is 5.78 Å². The van der Waals surface area contributed by atoms with E-state index >= 15 is 0 Å². The van der Waals surface area contributed by atoms with E-state index < -0.39 is 0 Å². The van der Waals surface area contributed by atoms with E-state index in [1.54, 1.807) is 0 Å². The minimum atomic E-state index is -0.113. The van der Waals surface area contributed by atoms with E-state index in [2.05, 4.69) is 27.7 Å². The molecule has 0 heterocycles. The highest BCUT2D eigenvalue weighted by Crippen LogP contribution is 2.65. The fourth-order valence-electron chi connectivity index (χ4n) is 8.25. The van der Waals surface area contributed by atoms with Gasteiger partial charge in [-0.3, -0.25) is 4.79 Å². The van der Waals surface area contributed by atoms with E-state index in [0.29, 0.717) is 35.4 Å². The highest BCUT2D eigenvalue weighted by atomic mass is 16.3. The third-order valence-electron chi connectivity index (χ3n) is 10.2. The first-order chi connectivity index (χ1) is 14.2. The smallest absolute Gasteiger partial charge is 0.159 e. The second-order valence-electron chi connectivity index (χ2n) is 12.0. The summed E-state index contributed by atoms with van der Waals surface area (Å²) in [5, 5.41) is 19.5. The van der Waals surface area contributed by atoms with Gasteiger partial charge in [-0.15, -0.1) is 0 Å². The first kappa shape index (κ1) is 22.5. The summed E-state index contributed by atoms with van der Waals surface area (Å²) in [5.74, 6) is 3.08. The molecule has 3 nitrogen and oxygen atoms in total. The van der Waals surface area contributed by atoms with Crippen LogP contribution >= 0.6 is 0 Å². The molecular weight excluding hydrogens is 372 g/mol. The Morgan fingerprint density at radius 3 is 2.60 bits per heavy atom. The molecular formula is C27H44O3. The summed E-state index contributed by atoms with van der Waals surface area (Å²) in [6, 6.07) is 0. The van der Waals surface area contributed by atoms with Crippen molar-refractivity contribution in [3.63, 3.8) is 0 Å².